The van der Waals surface area contributed by atoms with Gasteiger partial charge in [0, 0.05) is 10.0 Å². The molecule has 0 radical (unpaired) electrons. The van der Waals surface area contributed by atoms with Crippen molar-refractivity contribution >= 4 is 55.0 Å². The Morgan fingerprint density at radius 1 is 1.00 bits per heavy atom. The molecule has 4 rings (SSSR count). The lowest BCUT2D eigenvalue weighted by atomic mass is 10.1. The van der Waals surface area contributed by atoms with E-state index >= 15 is 0 Å². The van der Waals surface area contributed by atoms with Crippen LogP contribution in [0.2, 0.25) is 0 Å². The van der Waals surface area contributed by atoms with E-state index in [9.17, 15) is 18.0 Å². The summed E-state index contributed by atoms with van der Waals surface area (Å²) in [7, 11) is -4.08. The summed E-state index contributed by atoms with van der Waals surface area (Å²) in [6.07, 6.45) is 1.48. The molecule has 3 aromatic rings. The number of rotatable bonds is 6. The predicted molar refractivity (Wildman–Crippen MR) is 131 cm³/mol. The number of thioether (sulfide) groups is 1. The molecule has 1 saturated heterocycles. The van der Waals surface area contributed by atoms with E-state index in [1.165, 1.54) is 29.2 Å². The van der Waals surface area contributed by atoms with E-state index in [1.807, 2.05) is 31.2 Å². The average Bonchev–Trinajstić information content (AvgIpc) is 3.05. The standard InChI is InChI=1S/C24H18BrNO5S2/c1-16-7-5-6-8-17(16)15-26-23(27)22(32-24(26)28)14-18-13-19(25)11-12-21(18)31-33(29,30)20-9-3-2-4-10-20/h2-14H,15H2,1H3/b22-14-. The summed E-state index contributed by atoms with van der Waals surface area (Å²) in [5.41, 5.74) is 2.21. The van der Waals surface area contributed by atoms with E-state index in [0.29, 0.717) is 10.0 Å². The lowest BCUT2D eigenvalue weighted by molar-refractivity contribution is -0.123. The third kappa shape index (κ3) is 5.21. The molecular weight excluding hydrogens is 526 g/mol. The molecule has 168 valence electrons. The third-order valence-electron chi connectivity index (χ3n) is 4.95. The molecule has 3 aromatic carbocycles. The highest BCUT2D eigenvalue weighted by atomic mass is 79.9. The van der Waals surface area contributed by atoms with E-state index in [2.05, 4.69) is 15.9 Å². The first kappa shape index (κ1) is 23.3. The third-order valence-corrected chi connectivity index (χ3v) is 7.60. The number of carbonyl (C=O) groups is 2. The Morgan fingerprint density at radius 2 is 1.70 bits per heavy atom. The van der Waals surface area contributed by atoms with Crippen LogP contribution in [0.15, 0.2) is 87.1 Å². The molecule has 0 aliphatic carbocycles. The topological polar surface area (TPSA) is 80.8 Å². The van der Waals surface area contributed by atoms with Gasteiger partial charge in [0.1, 0.15) is 10.6 Å². The number of benzene rings is 3. The van der Waals surface area contributed by atoms with E-state index < -0.39 is 16.0 Å². The van der Waals surface area contributed by atoms with Gasteiger partial charge in [-0.2, -0.15) is 8.42 Å². The Hall–Kier alpha value is -2.88. The minimum Gasteiger partial charge on any atom is -0.378 e. The first-order valence-electron chi connectivity index (χ1n) is 9.83. The van der Waals surface area contributed by atoms with Crippen molar-refractivity contribution in [2.45, 2.75) is 18.4 Å². The number of amides is 2. The highest BCUT2D eigenvalue weighted by Crippen LogP contribution is 2.36. The molecule has 0 saturated carbocycles. The van der Waals surface area contributed by atoms with Crippen LogP contribution < -0.4 is 4.18 Å². The highest BCUT2D eigenvalue weighted by Gasteiger charge is 2.35. The van der Waals surface area contributed by atoms with E-state index in [1.54, 1.807) is 30.3 Å². The number of aryl methyl sites for hydroxylation is 1. The number of imide groups is 1. The second kappa shape index (κ2) is 9.54. The molecule has 6 nitrogen and oxygen atoms in total. The summed E-state index contributed by atoms with van der Waals surface area (Å²) in [6, 6.07) is 20.1. The number of carbonyl (C=O) groups excluding carboxylic acids is 2. The lowest BCUT2D eigenvalue weighted by Crippen LogP contribution is -2.27. The van der Waals surface area contributed by atoms with Crippen molar-refractivity contribution in [1.29, 1.82) is 0 Å². The minimum atomic E-state index is -4.08. The fourth-order valence-electron chi connectivity index (χ4n) is 3.20. The summed E-state index contributed by atoms with van der Waals surface area (Å²) in [5, 5.41) is -0.385. The zero-order chi connectivity index (χ0) is 23.6. The van der Waals surface area contributed by atoms with Crippen LogP contribution in [-0.2, 0) is 21.5 Å². The molecule has 1 aliphatic rings. The van der Waals surface area contributed by atoms with Gasteiger partial charge in [0.05, 0.1) is 11.4 Å². The van der Waals surface area contributed by atoms with Gasteiger partial charge < -0.3 is 4.18 Å². The van der Waals surface area contributed by atoms with Crippen molar-refractivity contribution < 1.29 is 22.2 Å². The van der Waals surface area contributed by atoms with Crippen LogP contribution in [-0.4, -0.2) is 24.5 Å². The molecule has 0 aromatic heterocycles. The molecular formula is C24H18BrNO5S2. The molecule has 9 heteroatoms. The molecule has 0 spiro atoms. The predicted octanol–water partition coefficient (Wildman–Crippen LogP) is 5.76. The fourth-order valence-corrected chi connectivity index (χ4v) is 5.38. The molecule has 0 bridgehead atoms. The second-order valence-electron chi connectivity index (χ2n) is 7.23. The van der Waals surface area contributed by atoms with E-state index in [0.717, 1.165) is 22.9 Å². The van der Waals surface area contributed by atoms with Crippen LogP contribution in [0.5, 0.6) is 5.75 Å². The van der Waals surface area contributed by atoms with Crippen LogP contribution in [0.1, 0.15) is 16.7 Å². The van der Waals surface area contributed by atoms with Gasteiger partial charge in [0.2, 0.25) is 0 Å². The van der Waals surface area contributed by atoms with Gasteiger partial charge in [-0.3, -0.25) is 14.5 Å². The Kier molecular flexibility index (Phi) is 6.73. The molecule has 0 atom stereocenters. The van der Waals surface area contributed by atoms with Gasteiger partial charge in [-0.25, -0.2) is 0 Å². The van der Waals surface area contributed by atoms with Crippen molar-refractivity contribution in [3.05, 3.63) is 98.9 Å². The van der Waals surface area contributed by atoms with Gasteiger partial charge in [-0.15, -0.1) is 0 Å². The minimum absolute atomic E-state index is 0.0115. The molecule has 1 fully saturated rings. The maximum atomic E-state index is 13.0. The molecule has 0 N–H and O–H groups in total. The zero-order valence-electron chi connectivity index (χ0n) is 17.4. The van der Waals surface area contributed by atoms with Crippen LogP contribution in [0.25, 0.3) is 6.08 Å². The summed E-state index contributed by atoms with van der Waals surface area (Å²) in [4.78, 5) is 26.9. The Balaban J connectivity index is 1.64. The summed E-state index contributed by atoms with van der Waals surface area (Å²) in [6.45, 7) is 2.08. The quantitative estimate of drug-likeness (QED) is 0.290. The monoisotopic (exact) mass is 543 g/mol. The summed E-state index contributed by atoms with van der Waals surface area (Å²) in [5.74, 6) is -0.391. The summed E-state index contributed by atoms with van der Waals surface area (Å²) < 4.78 is 31.4. The van der Waals surface area contributed by atoms with Crippen molar-refractivity contribution in [1.82, 2.24) is 4.90 Å². The second-order valence-corrected chi connectivity index (χ2v) is 10.7. The average molecular weight is 544 g/mol. The zero-order valence-corrected chi connectivity index (χ0v) is 20.6. The number of halogens is 1. The van der Waals surface area contributed by atoms with Gasteiger partial charge in [0.15, 0.2) is 0 Å². The number of nitrogens with zero attached hydrogens (tertiary/aromatic N) is 1. The molecule has 2 amide bonds. The number of hydrogen-bond acceptors (Lipinski definition) is 6. The summed E-state index contributed by atoms with van der Waals surface area (Å²) >= 11 is 4.17. The highest BCUT2D eigenvalue weighted by molar-refractivity contribution is 9.10. The molecule has 0 unspecified atom stereocenters. The van der Waals surface area contributed by atoms with Crippen LogP contribution >= 0.6 is 27.7 Å². The maximum Gasteiger partial charge on any atom is 0.339 e. The fraction of sp³-hybridized carbons (Fsp3) is 0.0833. The van der Waals surface area contributed by atoms with E-state index in [4.69, 9.17) is 4.18 Å². The van der Waals surface area contributed by atoms with Crippen LogP contribution in [0.3, 0.4) is 0 Å². The van der Waals surface area contributed by atoms with Crippen molar-refractivity contribution in [2.75, 3.05) is 0 Å². The SMILES string of the molecule is Cc1ccccc1CN1C(=O)S/C(=C\c2cc(Br)ccc2OS(=O)(=O)c2ccccc2)C1=O. The van der Waals surface area contributed by atoms with Crippen molar-refractivity contribution in [3.8, 4) is 5.75 Å². The van der Waals surface area contributed by atoms with E-state index in [-0.39, 0.29) is 27.3 Å². The largest absolute Gasteiger partial charge is 0.378 e. The molecule has 33 heavy (non-hydrogen) atoms. The Morgan fingerprint density at radius 3 is 2.42 bits per heavy atom. The molecule has 1 heterocycles. The van der Waals surface area contributed by atoms with Crippen molar-refractivity contribution in [2.24, 2.45) is 0 Å². The molecule has 1 aliphatic heterocycles. The Labute approximate surface area is 204 Å². The Bertz CT molecular complexity index is 1370. The first-order valence-corrected chi connectivity index (χ1v) is 12.9. The normalized spacial score (nSPS) is 15.3. The van der Waals surface area contributed by atoms with Gasteiger partial charge in [-0.05, 0) is 66.2 Å². The van der Waals surface area contributed by atoms with Gasteiger partial charge >= 0.3 is 10.1 Å². The number of hydrogen-bond donors (Lipinski definition) is 0. The van der Waals surface area contributed by atoms with Crippen molar-refractivity contribution in [3.63, 3.8) is 0 Å². The van der Waals surface area contributed by atoms with Gasteiger partial charge in [0.25, 0.3) is 11.1 Å². The smallest absolute Gasteiger partial charge is 0.339 e. The first-order chi connectivity index (χ1) is 15.7. The van der Waals surface area contributed by atoms with Gasteiger partial charge in [-0.1, -0.05) is 58.4 Å². The van der Waals surface area contributed by atoms with Crippen LogP contribution in [0.4, 0.5) is 4.79 Å². The van der Waals surface area contributed by atoms with Crippen LogP contribution in [0, 0.1) is 6.92 Å². The lowest BCUT2D eigenvalue weighted by Gasteiger charge is -2.14. The maximum absolute atomic E-state index is 13.0.